The third kappa shape index (κ3) is 12.5. The number of fused-ring (bicyclic) bond motifs is 5. The Morgan fingerprint density at radius 1 is 0.741 bits per heavy atom. The number of alkyl halides is 2. The summed E-state index contributed by atoms with van der Waals surface area (Å²) in [6.45, 7) is 31.0. The van der Waals surface area contributed by atoms with Crippen molar-refractivity contribution in [2.45, 2.75) is 283 Å². The Labute approximate surface area is 510 Å². The van der Waals surface area contributed by atoms with E-state index >= 15 is 0 Å². The minimum atomic E-state index is -0.715. The van der Waals surface area contributed by atoms with Crippen LogP contribution >= 0.6 is 0 Å². The summed E-state index contributed by atoms with van der Waals surface area (Å²) < 4.78 is 27.2. The number of nitrogens with zero attached hydrogens (tertiary/aromatic N) is 10. The molecule has 85 heavy (non-hydrogen) atoms. The van der Waals surface area contributed by atoms with E-state index in [0.29, 0.717) is 72.4 Å². The molecule has 462 valence electrons. The van der Waals surface area contributed by atoms with E-state index in [0.717, 1.165) is 157 Å². The monoisotopic (exact) mass is 1160 g/mol. The number of nitrogens with two attached hydrogens (primary N) is 2. The number of benzene rings is 2. The maximum absolute atomic E-state index is 14.6. The predicted octanol–water partition coefficient (Wildman–Crippen LogP) is 14.7. The van der Waals surface area contributed by atoms with Crippen LogP contribution in [0.3, 0.4) is 0 Å². The zero-order chi connectivity index (χ0) is 61.2. The molecule has 6 saturated heterocycles. The number of hydrogen-bond donors (Lipinski definition) is 2. The van der Waals surface area contributed by atoms with E-state index in [1.54, 1.807) is 0 Å². The first-order valence-electron chi connectivity index (χ1n) is 33.5. The molecule has 6 aliphatic heterocycles. The maximum Gasteiger partial charge on any atom is 0.136 e. The summed E-state index contributed by atoms with van der Waals surface area (Å²) in [7, 11) is 0. The van der Waals surface area contributed by atoms with Crippen LogP contribution in [-0.4, -0.2) is 104 Å². The highest BCUT2D eigenvalue weighted by Crippen LogP contribution is 2.54. The summed E-state index contributed by atoms with van der Waals surface area (Å²) in [5.41, 5.74) is 24.7. The van der Waals surface area contributed by atoms with Crippen LogP contribution < -0.4 is 21.3 Å². The van der Waals surface area contributed by atoms with Gasteiger partial charge in [0.15, 0.2) is 0 Å². The second kappa shape index (κ2) is 26.5. The van der Waals surface area contributed by atoms with Crippen LogP contribution in [0.15, 0.2) is 24.3 Å². The molecule has 2 aliphatic carbocycles. The van der Waals surface area contributed by atoms with Crippen molar-refractivity contribution in [3.05, 3.63) is 91.8 Å². The molecule has 14 heteroatoms. The predicted molar refractivity (Wildman–Crippen MR) is 344 cm³/mol. The number of anilines is 4. The molecule has 8 atom stereocenters. The van der Waals surface area contributed by atoms with Crippen LogP contribution in [0.2, 0.25) is 0 Å². The molecule has 6 fully saturated rings. The number of nitrogen functional groups attached to an aromatic ring is 2. The molecule has 12 nitrogen and oxygen atoms in total. The van der Waals surface area contributed by atoms with Gasteiger partial charge in [0.1, 0.15) is 47.8 Å². The highest BCUT2D eigenvalue weighted by atomic mass is 19.1. The van der Waals surface area contributed by atoms with Crippen molar-refractivity contribution in [2.24, 2.45) is 0 Å². The molecule has 0 bridgehead atoms. The molecule has 2 aromatic heterocycles. The van der Waals surface area contributed by atoms with E-state index in [9.17, 15) is 19.3 Å². The minimum absolute atomic E-state index is 0.0290. The molecule has 0 amide bonds. The first kappa shape index (κ1) is 64.0. The zero-order valence-corrected chi connectivity index (χ0v) is 54.2. The van der Waals surface area contributed by atoms with Crippen molar-refractivity contribution >= 4 is 23.0 Å². The molecule has 1 spiro atoms. The standard InChI is InChI=1S/C36H49FN6.C26H37N5.C7H12FN.C2H6/c1-5-23-10-14-35(32-26(23)8-9-29(39)28(32)21-38)15-11-27-30(20-35)40-31(41-33(27)43-25(6-2)19-34(43,3)4)12-16-36-13-7-17-42(36)22-24(37)18-36;1-7-10-19-23(29-24(9-3)30-25(19)31-14-13-26(31,5)6)15-20-18(17(4)8-2)11-12-22(28)21(20)16-27;8-6-4-7-2-1-3-9(7)5-6;1-2/h8-9,23-25H,5-7,10-20,22,39H2,1-4H3;11-12,17H,7-10,13-15,28H2,1-6H3;6-7H,1-5H2;1-2H3/t;17-;;/m.0../s1. The van der Waals surface area contributed by atoms with Crippen LogP contribution in [0, 0.1) is 22.7 Å². The van der Waals surface area contributed by atoms with Gasteiger partial charge in [-0.3, -0.25) is 9.80 Å². The maximum atomic E-state index is 14.6. The minimum Gasteiger partial charge on any atom is -0.398 e. The lowest BCUT2D eigenvalue weighted by atomic mass is 9.58. The van der Waals surface area contributed by atoms with Gasteiger partial charge in [-0.15, -0.1) is 0 Å². The average molecular weight is 1160 g/mol. The number of aryl methyl sites for hydroxylation is 2. The first-order valence-corrected chi connectivity index (χ1v) is 33.5. The number of nitriles is 2. The van der Waals surface area contributed by atoms with Gasteiger partial charge in [0.25, 0.3) is 0 Å². The first-order chi connectivity index (χ1) is 40.8. The van der Waals surface area contributed by atoms with Crippen molar-refractivity contribution in [1.82, 2.24) is 29.7 Å². The lowest BCUT2D eigenvalue weighted by Crippen LogP contribution is -2.63. The fraction of sp³-hybridized carbons (Fsp3) is 0.690. The average Bonchev–Trinajstić information content (AvgIpc) is 1.67. The molecular formula is C71H104F2N12. The Morgan fingerprint density at radius 3 is 2.13 bits per heavy atom. The number of hydrogen-bond acceptors (Lipinski definition) is 12. The van der Waals surface area contributed by atoms with E-state index in [-0.39, 0.29) is 22.0 Å². The lowest BCUT2D eigenvalue weighted by molar-refractivity contribution is 0.181. The van der Waals surface area contributed by atoms with Crippen LogP contribution in [0.4, 0.5) is 31.8 Å². The van der Waals surface area contributed by atoms with Crippen LogP contribution in [0.25, 0.3) is 0 Å². The van der Waals surface area contributed by atoms with E-state index in [4.69, 9.17) is 31.4 Å². The van der Waals surface area contributed by atoms with Gasteiger partial charge in [0.05, 0.1) is 22.5 Å². The van der Waals surface area contributed by atoms with Gasteiger partial charge in [-0.1, -0.05) is 73.9 Å². The van der Waals surface area contributed by atoms with Crippen LogP contribution in [0.5, 0.6) is 0 Å². The zero-order valence-electron chi connectivity index (χ0n) is 54.2. The molecule has 12 rings (SSSR count). The molecule has 8 heterocycles. The molecule has 2 aromatic carbocycles. The summed E-state index contributed by atoms with van der Waals surface area (Å²) in [5, 5.41) is 20.2. The highest BCUT2D eigenvalue weighted by molar-refractivity contribution is 5.66. The Bertz CT molecular complexity index is 3080. The third-order valence-corrected chi connectivity index (χ3v) is 21.6. The molecule has 7 unspecified atom stereocenters. The number of aromatic nitrogens is 4. The Morgan fingerprint density at radius 2 is 1.48 bits per heavy atom. The van der Waals surface area contributed by atoms with Crippen molar-refractivity contribution < 1.29 is 8.78 Å². The van der Waals surface area contributed by atoms with E-state index in [1.165, 1.54) is 59.2 Å². The summed E-state index contributed by atoms with van der Waals surface area (Å²) in [6.07, 6.45) is 20.6. The van der Waals surface area contributed by atoms with Gasteiger partial charge in [-0.2, -0.15) is 10.5 Å². The smallest absolute Gasteiger partial charge is 0.136 e. The van der Waals surface area contributed by atoms with E-state index < -0.39 is 12.3 Å². The molecule has 4 aromatic rings. The Kier molecular flexibility index (Phi) is 20.0. The van der Waals surface area contributed by atoms with Crippen molar-refractivity contribution in [3.8, 4) is 12.1 Å². The van der Waals surface area contributed by atoms with Gasteiger partial charge in [-0.05, 0) is 203 Å². The normalized spacial score (nSPS) is 27.0. The van der Waals surface area contributed by atoms with Gasteiger partial charge in [0.2, 0.25) is 0 Å². The quantitative estimate of drug-likeness (QED) is 0.115. The van der Waals surface area contributed by atoms with Crippen molar-refractivity contribution in [2.75, 3.05) is 54.0 Å². The highest BCUT2D eigenvalue weighted by Gasteiger charge is 2.51. The van der Waals surface area contributed by atoms with E-state index in [2.05, 4.69) is 113 Å². The fourth-order valence-corrected chi connectivity index (χ4v) is 16.7. The number of rotatable bonds is 14. The third-order valence-electron chi connectivity index (χ3n) is 21.6. The van der Waals surface area contributed by atoms with Gasteiger partial charge >= 0.3 is 0 Å². The summed E-state index contributed by atoms with van der Waals surface area (Å²) in [4.78, 5) is 30.5. The van der Waals surface area contributed by atoms with E-state index in [1.807, 2.05) is 26.0 Å². The molecule has 0 radical (unpaired) electrons. The second-order valence-electron chi connectivity index (χ2n) is 27.6. The molecular weight excluding hydrogens is 1060 g/mol. The summed E-state index contributed by atoms with van der Waals surface area (Å²) in [6, 6.07) is 14.1. The fourth-order valence-electron chi connectivity index (χ4n) is 16.7. The molecule has 8 aliphatic rings. The topological polar surface area (TPSA) is 164 Å². The van der Waals surface area contributed by atoms with Gasteiger partial charge in [0, 0.05) is 95.5 Å². The van der Waals surface area contributed by atoms with Crippen LogP contribution in [0.1, 0.15) is 265 Å². The molecule has 4 N–H and O–H groups in total. The lowest BCUT2D eigenvalue weighted by Gasteiger charge is -2.57. The SMILES string of the molecule is CC.CCC1CCC2(CCc3c(nc(CCC45CCCN4CC(F)C5)nc3N3C(CC)CC3(C)C)C2)c2c1ccc(N)c2C#N.CCCc1c(Cc2c([C@@H](C)CC)ccc(N)c2C#N)nc(CC)nc1N1CCC1(C)C.FC1CC2CCCN2C1. The van der Waals surface area contributed by atoms with Crippen LogP contribution in [-0.2, 0) is 43.9 Å². The molecule has 0 saturated carbocycles. The van der Waals surface area contributed by atoms with Gasteiger partial charge in [-0.25, -0.2) is 28.7 Å². The number of halogens is 2. The van der Waals surface area contributed by atoms with Gasteiger partial charge < -0.3 is 21.3 Å². The van der Waals surface area contributed by atoms with Crippen molar-refractivity contribution in [1.29, 1.82) is 10.5 Å². The largest absolute Gasteiger partial charge is 0.398 e. The Hall–Kier alpha value is -5.44. The summed E-state index contributed by atoms with van der Waals surface area (Å²) >= 11 is 0. The Balaban J connectivity index is 0.000000179. The summed E-state index contributed by atoms with van der Waals surface area (Å²) in [5.74, 6) is 4.86. The second-order valence-corrected chi connectivity index (χ2v) is 27.6. The van der Waals surface area contributed by atoms with Crippen molar-refractivity contribution in [3.63, 3.8) is 0 Å².